The van der Waals surface area contributed by atoms with Crippen LogP contribution in [0.15, 0.2) is 36.4 Å². The standard InChI is InChI=1S/C18H22F3N3O2.C10H20N2O2.C8H3F4N/c1-17(2,3)26-16(25)24-8-6-13(7-9-24)23-14-5-4-12(11-22)15(10-14)18(19,20)21;1-10(2,3)14-9(13)12-6-4-8(11)5-7-12;9-6-2-1-5(4-13)7(3-6)8(10,11)12/h4-5,10,13,23H,6-9H2,1-3H3;8H,4-7,11H2,1-3H3;1-3H. The second-order valence-electron chi connectivity index (χ2n) is 14.4. The molecule has 2 aliphatic heterocycles. The van der Waals surface area contributed by atoms with Crippen LogP contribution >= 0.6 is 0 Å². The van der Waals surface area contributed by atoms with E-state index in [1.54, 1.807) is 36.6 Å². The van der Waals surface area contributed by atoms with Gasteiger partial charge in [0.1, 0.15) is 17.0 Å². The van der Waals surface area contributed by atoms with Crippen LogP contribution in [0.2, 0.25) is 0 Å². The first-order chi connectivity index (χ1) is 24.3. The van der Waals surface area contributed by atoms with Crippen molar-refractivity contribution in [1.29, 1.82) is 10.5 Å². The minimum absolute atomic E-state index is 0.0530. The maximum Gasteiger partial charge on any atom is 0.417 e. The molecule has 0 radical (unpaired) electrons. The molecule has 17 heteroatoms. The summed E-state index contributed by atoms with van der Waals surface area (Å²) in [5.74, 6) is -1.01. The first-order valence-electron chi connectivity index (χ1n) is 16.7. The highest BCUT2D eigenvalue weighted by molar-refractivity contribution is 5.68. The van der Waals surface area contributed by atoms with E-state index < -0.39 is 51.6 Å². The highest BCUT2D eigenvalue weighted by Crippen LogP contribution is 2.34. The number of nitrogens with one attached hydrogen (secondary N) is 1. The molecule has 2 saturated heterocycles. The number of amides is 2. The molecule has 2 aliphatic rings. The highest BCUT2D eigenvalue weighted by Gasteiger charge is 2.35. The number of carbonyl (C=O) groups excluding carboxylic acids is 2. The van der Waals surface area contributed by atoms with Gasteiger partial charge in [-0.3, -0.25) is 0 Å². The lowest BCUT2D eigenvalue weighted by Gasteiger charge is -2.34. The van der Waals surface area contributed by atoms with E-state index in [9.17, 15) is 40.3 Å². The molecule has 0 unspecified atom stereocenters. The Morgan fingerprint density at radius 2 is 1.11 bits per heavy atom. The van der Waals surface area contributed by atoms with Gasteiger partial charge in [0.25, 0.3) is 0 Å². The monoisotopic (exact) mass is 758 g/mol. The third-order valence-electron chi connectivity index (χ3n) is 7.56. The molecule has 2 aromatic rings. The zero-order chi connectivity index (χ0) is 40.4. The molecule has 0 bridgehead atoms. The Labute approximate surface area is 304 Å². The number of nitrogens with two attached hydrogens (primary N) is 1. The molecular weight excluding hydrogens is 713 g/mol. The SMILES string of the molecule is CC(C)(C)OC(=O)N1CCC(N)CC1.CC(C)(C)OC(=O)N1CCC(Nc2ccc(C#N)c(C(F)(F)F)c2)CC1.N#Cc1ccc(F)cc1C(F)(F)F. The van der Waals surface area contributed by atoms with Gasteiger partial charge in [-0.25, -0.2) is 14.0 Å². The van der Waals surface area contributed by atoms with Crippen molar-refractivity contribution in [3.63, 3.8) is 0 Å². The number of benzene rings is 2. The van der Waals surface area contributed by atoms with Crippen LogP contribution in [0.1, 0.15) is 89.5 Å². The topological polar surface area (TPSA) is 145 Å². The minimum Gasteiger partial charge on any atom is -0.444 e. The van der Waals surface area contributed by atoms with E-state index in [2.05, 4.69) is 5.32 Å². The lowest BCUT2D eigenvalue weighted by molar-refractivity contribution is -0.138. The predicted molar refractivity (Wildman–Crippen MR) is 182 cm³/mol. The van der Waals surface area contributed by atoms with Gasteiger partial charge in [-0.05, 0) is 104 Å². The summed E-state index contributed by atoms with van der Waals surface area (Å²) in [7, 11) is 0. The van der Waals surface area contributed by atoms with E-state index >= 15 is 0 Å². The van der Waals surface area contributed by atoms with Gasteiger partial charge < -0.3 is 30.3 Å². The van der Waals surface area contributed by atoms with Crippen molar-refractivity contribution in [1.82, 2.24) is 9.80 Å². The van der Waals surface area contributed by atoms with E-state index in [0.29, 0.717) is 37.7 Å². The first kappa shape index (κ1) is 44.4. The Kier molecular flexibility index (Phi) is 15.3. The van der Waals surface area contributed by atoms with Crippen molar-refractivity contribution in [2.45, 2.75) is 103 Å². The summed E-state index contributed by atoms with van der Waals surface area (Å²) in [5.41, 5.74) is 1.92. The average molecular weight is 759 g/mol. The molecule has 0 spiro atoms. The molecule has 53 heavy (non-hydrogen) atoms. The fraction of sp³-hybridized carbons (Fsp3) is 0.556. The molecule has 10 nitrogen and oxygen atoms in total. The number of nitrogens with zero attached hydrogens (tertiary/aromatic N) is 4. The summed E-state index contributed by atoms with van der Waals surface area (Å²) < 4.78 is 98.4. The first-order valence-corrected chi connectivity index (χ1v) is 16.7. The average Bonchev–Trinajstić information content (AvgIpc) is 3.03. The third-order valence-corrected chi connectivity index (χ3v) is 7.56. The maximum atomic E-state index is 13.0. The van der Waals surface area contributed by atoms with Crippen LogP contribution in [0.25, 0.3) is 0 Å². The number of anilines is 1. The molecule has 2 fully saturated rings. The Balaban J connectivity index is 0.000000303. The number of halogens is 7. The van der Waals surface area contributed by atoms with Gasteiger partial charge in [0.2, 0.25) is 0 Å². The lowest BCUT2D eigenvalue weighted by Crippen LogP contribution is -2.44. The van der Waals surface area contributed by atoms with Gasteiger partial charge in [-0.1, -0.05) is 0 Å². The number of piperidine rings is 2. The molecule has 0 saturated carbocycles. The van der Waals surface area contributed by atoms with E-state index in [4.69, 9.17) is 25.7 Å². The summed E-state index contributed by atoms with van der Waals surface area (Å²) in [4.78, 5) is 26.9. The minimum atomic E-state index is -4.69. The molecule has 3 N–H and O–H groups in total. The van der Waals surface area contributed by atoms with Crippen molar-refractivity contribution in [2.24, 2.45) is 5.73 Å². The van der Waals surface area contributed by atoms with Crippen LogP contribution < -0.4 is 11.1 Å². The van der Waals surface area contributed by atoms with Crippen LogP contribution in [-0.2, 0) is 21.8 Å². The smallest absolute Gasteiger partial charge is 0.417 e. The zero-order valence-electron chi connectivity index (χ0n) is 30.4. The Bertz CT molecular complexity index is 1620. The molecule has 0 aliphatic carbocycles. The zero-order valence-corrected chi connectivity index (χ0v) is 30.4. The van der Waals surface area contributed by atoms with E-state index in [-0.39, 0.29) is 24.3 Å². The molecule has 4 rings (SSSR count). The van der Waals surface area contributed by atoms with Crippen molar-refractivity contribution in [3.8, 4) is 12.1 Å². The Morgan fingerprint density at radius 3 is 1.51 bits per heavy atom. The Hall–Kier alpha value is -4.77. The summed E-state index contributed by atoms with van der Waals surface area (Å²) in [6.45, 7) is 13.4. The van der Waals surface area contributed by atoms with Crippen LogP contribution in [0.5, 0.6) is 0 Å². The van der Waals surface area contributed by atoms with Crippen LogP contribution in [-0.4, -0.2) is 71.5 Å². The van der Waals surface area contributed by atoms with Gasteiger partial charge in [0.05, 0.1) is 34.4 Å². The van der Waals surface area contributed by atoms with Crippen molar-refractivity contribution >= 4 is 17.9 Å². The number of likely N-dealkylation sites (tertiary alicyclic amines) is 2. The number of carbonyl (C=O) groups is 2. The maximum absolute atomic E-state index is 13.0. The van der Waals surface area contributed by atoms with Crippen molar-refractivity contribution in [3.05, 3.63) is 64.5 Å². The second kappa shape index (κ2) is 18.3. The van der Waals surface area contributed by atoms with Gasteiger partial charge in [-0.15, -0.1) is 0 Å². The van der Waals surface area contributed by atoms with Gasteiger partial charge in [-0.2, -0.15) is 36.9 Å². The summed E-state index contributed by atoms with van der Waals surface area (Å²) >= 11 is 0. The molecule has 292 valence electrons. The molecule has 2 aromatic carbocycles. The second-order valence-corrected chi connectivity index (χ2v) is 14.4. The number of ether oxygens (including phenoxy) is 2. The highest BCUT2D eigenvalue weighted by atomic mass is 19.4. The van der Waals surface area contributed by atoms with Crippen molar-refractivity contribution < 1.29 is 49.8 Å². The Morgan fingerprint density at radius 1 is 0.717 bits per heavy atom. The largest absolute Gasteiger partial charge is 0.444 e. The van der Waals surface area contributed by atoms with Crippen LogP contribution in [0.4, 0.5) is 46.0 Å². The fourth-order valence-electron chi connectivity index (χ4n) is 4.99. The van der Waals surface area contributed by atoms with Gasteiger partial charge in [0, 0.05) is 44.0 Å². The summed E-state index contributed by atoms with van der Waals surface area (Å²) in [5, 5.41) is 20.2. The quantitative estimate of drug-likeness (QED) is 0.291. The molecule has 0 atom stereocenters. The van der Waals surface area contributed by atoms with Crippen molar-refractivity contribution in [2.75, 3.05) is 31.5 Å². The number of hydrogen-bond donors (Lipinski definition) is 2. The van der Waals surface area contributed by atoms with E-state index in [1.165, 1.54) is 18.2 Å². The molecule has 2 amide bonds. The molecular formula is C36H45F7N6O4. The number of rotatable bonds is 2. The number of hydrogen-bond acceptors (Lipinski definition) is 8. The lowest BCUT2D eigenvalue weighted by atomic mass is 10.0. The number of alkyl halides is 6. The molecule has 2 heterocycles. The van der Waals surface area contributed by atoms with Gasteiger partial charge >= 0.3 is 24.5 Å². The normalized spacial score (nSPS) is 15.8. The molecule has 0 aromatic heterocycles. The third kappa shape index (κ3) is 15.4. The van der Waals surface area contributed by atoms with Gasteiger partial charge in [0.15, 0.2) is 0 Å². The van der Waals surface area contributed by atoms with Crippen LogP contribution in [0.3, 0.4) is 0 Å². The van der Waals surface area contributed by atoms with E-state index in [1.807, 2.05) is 20.8 Å². The van der Waals surface area contributed by atoms with E-state index in [0.717, 1.165) is 44.1 Å². The fourth-order valence-corrected chi connectivity index (χ4v) is 4.99. The predicted octanol–water partition coefficient (Wildman–Crippen LogP) is 8.45. The van der Waals surface area contributed by atoms with Crippen LogP contribution in [0, 0.1) is 28.5 Å². The number of nitriles is 2. The summed E-state index contributed by atoms with van der Waals surface area (Å²) in [6, 6.07) is 8.61. The summed E-state index contributed by atoms with van der Waals surface area (Å²) in [6.07, 6.45) is -6.92.